The second-order valence-corrected chi connectivity index (χ2v) is 8.00. The molecule has 0 N–H and O–H groups in total. The van der Waals surface area contributed by atoms with E-state index in [-0.39, 0.29) is 17.4 Å². The van der Waals surface area contributed by atoms with Crippen LogP contribution < -0.4 is 4.74 Å². The number of carbonyl (C=O) groups is 1. The van der Waals surface area contributed by atoms with Gasteiger partial charge in [0, 0.05) is 11.3 Å². The maximum atomic E-state index is 12.7. The van der Waals surface area contributed by atoms with E-state index in [9.17, 15) is 10.1 Å². The third-order valence-corrected chi connectivity index (χ3v) is 5.10. The fourth-order valence-corrected chi connectivity index (χ4v) is 3.35. The highest BCUT2D eigenvalue weighted by atomic mass is 16.6. The third-order valence-electron chi connectivity index (χ3n) is 5.10. The van der Waals surface area contributed by atoms with E-state index in [1.54, 1.807) is 24.3 Å². The fourth-order valence-electron chi connectivity index (χ4n) is 3.35. The molecule has 0 aromatic heterocycles. The summed E-state index contributed by atoms with van der Waals surface area (Å²) >= 11 is 0. The molecule has 0 heterocycles. The predicted octanol–water partition coefficient (Wildman–Crippen LogP) is 5.62. The molecule has 1 saturated carbocycles. The second-order valence-electron chi connectivity index (χ2n) is 8.00. The number of nitrogens with zero attached hydrogens (tertiary/aromatic N) is 1. The van der Waals surface area contributed by atoms with Gasteiger partial charge in [0.05, 0.1) is 6.07 Å². The number of carbonyl (C=O) groups excluding carboxylic acids is 1. The Morgan fingerprint density at radius 3 is 2.43 bits per heavy atom. The summed E-state index contributed by atoms with van der Waals surface area (Å²) < 4.78 is 11.5. The van der Waals surface area contributed by atoms with E-state index in [4.69, 9.17) is 9.47 Å². The van der Waals surface area contributed by atoms with E-state index in [1.165, 1.54) is 5.57 Å². The highest BCUT2D eigenvalue weighted by Gasteiger charge is 2.59. The molecule has 0 radical (unpaired) electrons. The lowest BCUT2D eigenvalue weighted by molar-refractivity contribution is -0.146. The van der Waals surface area contributed by atoms with E-state index in [0.29, 0.717) is 17.1 Å². The maximum Gasteiger partial charge on any atom is 0.328 e. The van der Waals surface area contributed by atoms with Gasteiger partial charge in [-0.25, -0.2) is 0 Å². The van der Waals surface area contributed by atoms with Crippen molar-refractivity contribution in [3.05, 3.63) is 71.8 Å². The highest BCUT2D eigenvalue weighted by Crippen LogP contribution is 2.55. The summed E-state index contributed by atoms with van der Waals surface area (Å²) in [5, 5.41) is 9.60. The number of ether oxygens (including phenoxy) is 2. The Kier molecular flexibility index (Phi) is 5.56. The Bertz CT molecular complexity index is 920. The van der Waals surface area contributed by atoms with Gasteiger partial charge in [0.2, 0.25) is 0 Å². The SMILES string of the molecule is CC(C)=C[C@@H]1[C@H](OC(=O)[C@H](C#N)c2cccc(Oc3ccccc3)c2)C1(C)C. The highest BCUT2D eigenvalue weighted by molar-refractivity contribution is 5.82. The van der Waals surface area contributed by atoms with Crippen LogP contribution in [-0.2, 0) is 9.53 Å². The minimum absolute atomic E-state index is 0.106. The van der Waals surface area contributed by atoms with Crippen molar-refractivity contribution in [1.82, 2.24) is 0 Å². The molecule has 28 heavy (non-hydrogen) atoms. The molecule has 0 spiro atoms. The molecule has 2 aromatic rings. The van der Waals surface area contributed by atoms with Crippen LogP contribution in [0.25, 0.3) is 0 Å². The Labute approximate surface area is 166 Å². The van der Waals surface area contributed by atoms with Gasteiger partial charge < -0.3 is 9.47 Å². The zero-order valence-electron chi connectivity index (χ0n) is 16.7. The fraction of sp³-hybridized carbons (Fsp3) is 0.333. The van der Waals surface area contributed by atoms with Crippen molar-refractivity contribution in [2.45, 2.75) is 39.7 Å². The van der Waals surface area contributed by atoms with Crippen molar-refractivity contribution in [1.29, 1.82) is 5.26 Å². The standard InChI is InChI=1S/C24H25NO3/c1-16(2)13-21-22(24(21,3)4)28-23(26)20(15-25)17-9-8-12-19(14-17)27-18-10-6-5-7-11-18/h5-14,20-22H,1-4H3/t20-,21-,22+/m1/s1. The number of esters is 1. The molecule has 2 aromatic carbocycles. The van der Waals surface area contributed by atoms with Crippen LogP contribution in [0.5, 0.6) is 11.5 Å². The van der Waals surface area contributed by atoms with Crippen molar-refractivity contribution < 1.29 is 14.3 Å². The number of para-hydroxylation sites is 1. The lowest BCUT2D eigenvalue weighted by atomic mass is 10.0. The van der Waals surface area contributed by atoms with Gasteiger partial charge in [-0.15, -0.1) is 0 Å². The molecule has 0 saturated heterocycles. The number of allylic oxidation sites excluding steroid dienone is 1. The van der Waals surface area contributed by atoms with E-state index in [0.717, 1.165) is 0 Å². The zero-order chi connectivity index (χ0) is 20.3. The van der Waals surface area contributed by atoms with E-state index in [1.807, 2.05) is 44.2 Å². The summed E-state index contributed by atoms with van der Waals surface area (Å²) in [4.78, 5) is 12.7. The quantitative estimate of drug-likeness (QED) is 0.486. The van der Waals surface area contributed by atoms with Crippen molar-refractivity contribution in [3.8, 4) is 17.6 Å². The average Bonchev–Trinajstić information content (AvgIpc) is 3.15. The smallest absolute Gasteiger partial charge is 0.328 e. The van der Waals surface area contributed by atoms with Gasteiger partial charge in [-0.1, -0.05) is 55.8 Å². The van der Waals surface area contributed by atoms with E-state index in [2.05, 4.69) is 26.0 Å². The Balaban J connectivity index is 1.73. The van der Waals surface area contributed by atoms with Crippen LogP contribution in [0.2, 0.25) is 0 Å². The molecule has 1 fully saturated rings. The lowest BCUT2D eigenvalue weighted by Gasteiger charge is -2.12. The van der Waals surface area contributed by atoms with Crippen LogP contribution in [0.15, 0.2) is 66.2 Å². The van der Waals surface area contributed by atoms with Crippen LogP contribution in [-0.4, -0.2) is 12.1 Å². The molecule has 3 rings (SSSR count). The van der Waals surface area contributed by atoms with Gasteiger partial charge in [-0.3, -0.25) is 4.79 Å². The van der Waals surface area contributed by atoms with Crippen LogP contribution in [0.4, 0.5) is 0 Å². The molecular weight excluding hydrogens is 350 g/mol. The zero-order valence-corrected chi connectivity index (χ0v) is 16.7. The molecule has 1 aliphatic rings. The van der Waals surface area contributed by atoms with Gasteiger partial charge in [0.15, 0.2) is 5.92 Å². The van der Waals surface area contributed by atoms with Crippen LogP contribution in [0.3, 0.4) is 0 Å². The Morgan fingerprint density at radius 1 is 1.11 bits per heavy atom. The molecule has 0 amide bonds. The number of benzene rings is 2. The number of hydrogen-bond acceptors (Lipinski definition) is 4. The van der Waals surface area contributed by atoms with Crippen LogP contribution in [0.1, 0.15) is 39.2 Å². The summed E-state index contributed by atoms with van der Waals surface area (Å²) in [5.74, 6) is -0.0374. The minimum Gasteiger partial charge on any atom is -0.460 e. The van der Waals surface area contributed by atoms with Crippen LogP contribution in [0, 0.1) is 22.7 Å². The van der Waals surface area contributed by atoms with Gasteiger partial charge in [0.1, 0.15) is 17.6 Å². The lowest BCUT2D eigenvalue weighted by Crippen LogP contribution is -2.18. The topological polar surface area (TPSA) is 59.3 Å². The van der Waals surface area contributed by atoms with E-state index < -0.39 is 11.9 Å². The monoisotopic (exact) mass is 375 g/mol. The van der Waals surface area contributed by atoms with Gasteiger partial charge in [0.25, 0.3) is 0 Å². The first kappa shape index (κ1) is 19.7. The number of nitriles is 1. The molecule has 0 unspecified atom stereocenters. The van der Waals surface area contributed by atoms with Gasteiger partial charge in [-0.2, -0.15) is 5.26 Å². The van der Waals surface area contributed by atoms with E-state index >= 15 is 0 Å². The van der Waals surface area contributed by atoms with Crippen molar-refractivity contribution in [2.75, 3.05) is 0 Å². The molecule has 144 valence electrons. The summed E-state index contributed by atoms with van der Waals surface area (Å²) in [5.41, 5.74) is 1.66. The molecule has 0 aliphatic heterocycles. The summed E-state index contributed by atoms with van der Waals surface area (Å²) in [6, 6.07) is 18.5. The third kappa shape index (κ3) is 4.26. The Hall–Kier alpha value is -3.06. The largest absolute Gasteiger partial charge is 0.460 e. The molecule has 3 atom stereocenters. The average molecular weight is 375 g/mol. The van der Waals surface area contributed by atoms with Crippen molar-refractivity contribution >= 4 is 5.97 Å². The maximum absolute atomic E-state index is 12.7. The summed E-state index contributed by atoms with van der Waals surface area (Å²) in [6.07, 6.45) is 1.93. The first-order chi connectivity index (χ1) is 13.3. The summed E-state index contributed by atoms with van der Waals surface area (Å²) in [6.45, 7) is 8.21. The predicted molar refractivity (Wildman–Crippen MR) is 108 cm³/mol. The van der Waals surface area contributed by atoms with Crippen molar-refractivity contribution in [3.63, 3.8) is 0 Å². The number of rotatable bonds is 6. The molecular formula is C24H25NO3. The summed E-state index contributed by atoms with van der Waals surface area (Å²) in [7, 11) is 0. The first-order valence-corrected chi connectivity index (χ1v) is 9.41. The van der Waals surface area contributed by atoms with Crippen LogP contribution >= 0.6 is 0 Å². The van der Waals surface area contributed by atoms with Gasteiger partial charge >= 0.3 is 5.97 Å². The molecule has 4 nitrogen and oxygen atoms in total. The molecule has 4 heteroatoms. The normalized spacial score (nSPS) is 20.4. The molecule has 0 bridgehead atoms. The number of hydrogen-bond donors (Lipinski definition) is 0. The van der Waals surface area contributed by atoms with Gasteiger partial charge in [-0.05, 0) is 43.7 Å². The first-order valence-electron chi connectivity index (χ1n) is 9.41. The molecule has 1 aliphatic carbocycles. The van der Waals surface area contributed by atoms with Crippen molar-refractivity contribution in [2.24, 2.45) is 11.3 Å². The second kappa shape index (κ2) is 7.90. The minimum atomic E-state index is -0.983. The Morgan fingerprint density at radius 2 is 1.79 bits per heavy atom.